The molecule has 0 unspecified atom stereocenters. The molecule has 0 amide bonds. The summed E-state index contributed by atoms with van der Waals surface area (Å²) in [5.74, 6) is 0. The first kappa shape index (κ1) is 11.2. The average molecular weight is 208 g/mol. The van der Waals surface area contributed by atoms with Gasteiger partial charge in [-0.1, -0.05) is 0 Å². The van der Waals surface area contributed by atoms with Gasteiger partial charge >= 0.3 is 41.5 Å². The van der Waals surface area contributed by atoms with E-state index in [0.29, 0.717) is 0 Å². The molecule has 0 saturated carbocycles. The van der Waals surface area contributed by atoms with Crippen molar-refractivity contribution >= 4 is 30.3 Å². The molecular weight excluding hydrogens is 202 g/mol. The summed E-state index contributed by atoms with van der Waals surface area (Å²) in [4.78, 5) is 0. The van der Waals surface area contributed by atoms with E-state index < -0.39 is 11.2 Å². The molecular formula is C2H6Cl3FeO. The Morgan fingerprint density at radius 1 is 1.14 bits per heavy atom. The van der Waals surface area contributed by atoms with Crippen molar-refractivity contribution in [1.29, 1.82) is 0 Å². The van der Waals surface area contributed by atoms with Crippen LogP contribution in [0.5, 0.6) is 0 Å². The summed E-state index contributed by atoms with van der Waals surface area (Å²) in [6.07, 6.45) is 0. The Labute approximate surface area is 60.4 Å². The zero-order chi connectivity index (χ0) is 6.28. The van der Waals surface area contributed by atoms with Crippen molar-refractivity contribution in [3.05, 3.63) is 0 Å². The van der Waals surface area contributed by atoms with E-state index in [1.807, 2.05) is 0 Å². The second-order valence-electron chi connectivity index (χ2n) is 0.560. The minimum absolute atomic E-state index is 1.33. The van der Waals surface area contributed by atoms with Crippen molar-refractivity contribution in [3.63, 3.8) is 0 Å². The summed E-state index contributed by atoms with van der Waals surface area (Å²) in [5.41, 5.74) is 0. The number of methoxy groups -OCH3 is 1. The zero-order valence-corrected chi connectivity index (χ0v) is 7.27. The summed E-state index contributed by atoms with van der Waals surface area (Å²) >= 11 is -1.33. The third kappa shape index (κ3) is 115. The van der Waals surface area contributed by atoms with Gasteiger partial charge in [-0.15, -0.1) is 0 Å². The first-order valence-electron chi connectivity index (χ1n) is 1.22. The van der Waals surface area contributed by atoms with Crippen molar-refractivity contribution in [2.75, 3.05) is 14.2 Å². The number of rotatable bonds is 0. The van der Waals surface area contributed by atoms with E-state index in [0.717, 1.165) is 0 Å². The molecule has 0 aromatic rings. The molecule has 0 radical (unpaired) electrons. The molecule has 5 heteroatoms. The Kier molecular flexibility index (Phi) is 16.5. The maximum atomic E-state index is 4.89. The quantitative estimate of drug-likeness (QED) is 0.555. The Hall–Kier alpha value is 1.35. The van der Waals surface area contributed by atoms with E-state index >= 15 is 0 Å². The van der Waals surface area contributed by atoms with Gasteiger partial charge < -0.3 is 4.74 Å². The standard InChI is InChI=1S/C2H6O.3ClH.Fe/c1-3-2;;;;/h1-2H3;3*1H;/q;;;;+3/p-3. The zero-order valence-electron chi connectivity index (χ0n) is 3.90. The van der Waals surface area contributed by atoms with Crippen molar-refractivity contribution in [3.8, 4) is 0 Å². The van der Waals surface area contributed by atoms with Gasteiger partial charge in [0, 0.05) is 14.2 Å². The van der Waals surface area contributed by atoms with Gasteiger partial charge in [0.1, 0.15) is 0 Å². The van der Waals surface area contributed by atoms with Crippen molar-refractivity contribution < 1.29 is 15.9 Å². The second kappa shape index (κ2) is 10.4. The average Bonchev–Trinajstić information content (AvgIpc) is 1.33. The summed E-state index contributed by atoms with van der Waals surface area (Å²) in [5, 5.41) is 0. The van der Waals surface area contributed by atoms with E-state index in [9.17, 15) is 0 Å². The predicted molar refractivity (Wildman–Crippen MR) is 30.5 cm³/mol. The Morgan fingerprint density at radius 3 is 1.14 bits per heavy atom. The summed E-state index contributed by atoms with van der Waals surface area (Å²) in [7, 11) is 17.9. The van der Waals surface area contributed by atoms with Crippen molar-refractivity contribution in [2.24, 2.45) is 0 Å². The first-order chi connectivity index (χ1) is 3.15. The van der Waals surface area contributed by atoms with Gasteiger partial charge in [0.15, 0.2) is 0 Å². The van der Waals surface area contributed by atoms with Crippen LogP contribution in [0.3, 0.4) is 0 Å². The van der Waals surface area contributed by atoms with Crippen molar-refractivity contribution in [1.82, 2.24) is 0 Å². The second-order valence-corrected chi connectivity index (χ2v) is 6.03. The van der Waals surface area contributed by atoms with Gasteiger partial charge in [0.2, 0.25) is 0 Å². The Bertz CT molecular complexity index is 24.1. The van der Waals surface area contributed by atoms with Crippen LogP contribution in [0.4, 0.5) is 0 Å². The van der Waals surface area contributed by atoms with Crippen LogP contribution in [0, 0.1) is 0 Å². The van der Waals surface area contributed by atoms with Gasteiger partial charge in [-0.25, -0.2) is 0 Å². The fraction of sp³-hybridized carbons (Fsp3) is 1.00. The molecule has 0 spiro atoms. The fourth-order valence-corrected chi connectivity index (χ4v) is 0. The molecule has 7 heavy (non-hydrogen) atoms. The first-order valence-corrected chi connectivity index (χ1v) is 5.78. The molecule has 0 bridgehead atoms. The number of hydrogen-bond donors (Lipinski definition) is 0. The topological polar surface area (TPSA) is 9.23 Å². The summed E-state index contributed by atoms with van der Waals surface area (Å²) < 4.78 is 4.25. The van der Waals surface area contributed by atoms with E-state index in [1.54, 1.807) is 14.2 Å². The van der Waals surface area contributed by atoms with Gasteiger partial charge in [-0.3, -0.25) is 0 Å². The van der Waals surface area contributed by atoms with Crippen LogP contribution in [0.1, 0.15) is 0 Å². The van der Waals surface area contributed by atoms with Crippen LogP contribution < -0.4 is 0 Å². The summed E-state index contributed by atoms with van der Waals surface area (Å²) in [6.45, 7) is 0. The molecule has 49 valence electrons. The van der Waals surface area contributed by atoms with E-state index in [1.165, 1.54) is 0 Å². The van der Waals surface area contributed by atoms with Crippen LogP contribution in [0.25, 0.3) is 0 Å². The predicted octanol–water partition coefficient (Wildman–Crippen LogP) is 2.33. The van der Waals surface area contributed by atoms with Gasteiger partial charge in [0.25, 0.3) is 0 Å². The van der Waals surface area contributed by atoms with Crippen LogP contribution in [0.15, 0.2) is 0 Å². The van der Waals surface area contributed by atoms with E-state index in [2.05, 4.69) is 4.74 Å². The SMILES string of the molecule is COC.[Cl][Fe]([Cl])[Cl]. The molecule has 0 aromatic carbocycles. The third-order valence-corrected chi connectivity index (χ3v) is 0. The minimum atomic E-state index is -1.33. The molecule has 0 heterocycles. The third-order valence-electron chi connectivity index (χ3n) is 0. The Morgan fingerprint density at radius 2 is 1.14 bits per heavy atom. The molecule has 0 aromatic heterocycles. The van der Waals surface area contributed by atoms with Crippen LogP contribution in [-0.2, 0) is 15.9 Å². The van der Waals surface area contributed by atoms with Gasteiger partial charge in [-0.05, 0) is 0 Å². The number of hydrogen-bond acceptors (Lipinski definition) is 1. The molecule has 0 saturated heterocycles. The molecule has 0 rings (SSSR count). The molecule has 0 aliphatic heterocycles. The van der Waals surface area contributed by atoms with Gasteiger partial charge in [-0.2, -0.15) is 0 Å². The molecule has 0 aliphatic carbocycles. The molecule has 0 atom stereocenters. The van der Waals surface area contributed by atoms with Crippen LogP contribution >= 0.6 is 30.3 Å². The van der Waals surface area contributed by atoms with Gasteiger partial charge in [0.05, 0.1) is 0 Å². The number of halogens is 3. The van der Waals surface area contributed by atoms with Crippen LogP contribution in [-0.4, -0.2) is 14.2 Å². The van der Waals surface area contributed by atoms with Crippen molar-refractivity contribution in [2.45, 2.75) is 0 Å². The van der Waals surface area contributed by atoms with Crippen LogP contribution in [0.2, 0.25) is 0 Å². The molecule has 0 N–H and O–H groups in total. The van der Waals surface area contributed by atoms with E-state index in [4.69, 9.17) is 30.3 Å². The summed E-state index contributed by atoms with van der Waals surface area (Å²) in [6, 6.07) is 0. The van der Waals surface area contributed by atoms with E-state index in [-0.39, 0.29) is 0 Å². The monoisotopic (exact) mass is 207 g/mol. The number of ether oxygens (including phenoxy) is 1. The normalized spacial score (nSPS) is 9.00. The molecule has 0 aliphatic rings. The molecule has 1 nitrogen and oxygen atoms in total. The Balaban J connectivity index is 0. The fourth-order valence-electron chi connectivity index (χ4n) is 0. The maximum absolute atomic E-state index is 4.89. The molecule has 0 fully saturated rings.